The average molecular weight is 292 g/mol. The number of benzene rings is 1. The summed E-state index contributed by atoms with van der Waals surface area (Å²) in [6, 6.07) is 7.72. The summed E-state index contributed by atoms with van der Waals surface area (Å²) in [6.45, 7) is 6.18. The Morgan fingerprint density at radius 2 is 1.90 bits per heavy atom. The van der Waals surface area contributed by atoms with Crippen molar-refractivity contribution in [3.05, 3.63) is 29.8 Å². The number of amides is 1. The molecular formula is C15H24N4O2. The molecule has 6 nitrogen and oxygen atoms in total. The van der Waals surface area contributed by atoms with E-state index in [0.29, 0.717) is 6.54 Å². The minimum Gasteiger partial charge on any atom is -0.399 e. The van der Waals surface area contributed by atoms with E-state index >= 15 is 0 Å². The van der Waals surface area contributed by atoms with Gasteiger partial charge < -0.3 is 16.2 Å². The van der Waals surface area contributed by atoms with Crippen LogP contribution in [0.1, 0.15) is 5.56 Å². The van der Waals surface area contributed by atoms with Gasteiger partial charge in [0.2, 0.25) is 5.91 Å². The molecule has 0 spiro atoms. The predicted molar refractivity (Wildman–Crippen MR) is 82.6 cm³/mol. The van der Waals surface area contributed by atoms with E-state index in [4.69, 9.17) is 16.2 Å². The molecule has 1 aromatic rings. The van der Waals surface area contributed by atoms with Crippen LogP contribution in [0.3, 0.4) is 0 Å². The summed E-state index contributed by atoms with van der Waals surface area (Å²) in [5, 5.41) is 0. The third kappa shape index (κ3) is 5.71. The van der Waals surface area contributed by atoms with E-state index in [9.17, 15) is 4.79 Å². The van der Waals surface area contributed by atoms with Crippen molar-refractivity contribution in [3.8, 4) is 0 Å². The molecule has 0 unspecified atom stereocenters. The minimum absolute atomic E-state index is 0.273. The zero-order chi connectivity index (χ0) is 15.1. The van der Waals surface area contributed by atoms with Gasteiger partial charge in [0.25, 0.3) is 0 Å². The summed E-state index contributed by atoms with van der Waals surface area (Å²) >= 11 is 0. The molecule has 1 aliphatic rings. The second kappa shape index (κ2) is 7.97. The van der Waals surface area contributed by atoms with Crippen LogP contribution in [0.4, 0.5) is 5.69 Å². The van der Waals surface area contributed by atoms with Gasteiger partial charge in [-0.2, -0.15) is 0 Å². The molecule has 0 atom stereocenters. The summed E-state index contributed by atoms with van der Waals surface area (Å²) in [5.74, 6) is -0.299. The topological polar surface area (TPSA) is 84.8 Å². The first-order valence-corrected chi connectivity index (χ1v) is 7.28. The largest absolute Gasteiger partial charge is 0.399 e. The number of primary amides is 1. The fourth-order valence-corrected chi connectivity index (χ4v) is 2.42. The number of nitrogens with zero attached hydrogens (tertiary/aromatic N) is 2. The molecule has 1 aliphatic heterocycles. The lowest BCUT2D eigenvalue weighted by Gasteiger charge is -2.29. The van der Waals surface area contributed by atoms with Gasteiger partial charge in [-0.25, -0.2) is 0 Å². The molecule has 4 N–H and O–H groups in total. The summed E-state index contributed by atoms with van der Waals surface area (Å²) in [7, 11) is 0. The monoisotopic (exact) mass is 292 g/mol. The van der Waals surface area contributed by atoms with Gasteiger partial charge in [0, 0.05) is 38.4 Å². The van der Waals surface area contributed by atoms with Gasteiger partial charge in [-0.3, -0.25) is 14.6 Å². The normalized spacial score (nSPS) is 16.2. The SMILES string of the molecule is NC(=O)CN(CCN1CCOCC1)Cc1ccc(N)cc1. The van der Waals surface area contributed by atoms with E-state index in [1.807, 2.05) is 24.3 Å². The first-order valence-electron chi connectivity index (χ1n) is 7.28. The highest BCUT2D eigenvalue weighted by atomic mass is 16.5. The van der Waals surface area contributed by atoms with E-state index in [0.717, 1.165) is 50.6 Å². The molecule has 0 bridgehead atoms. The van der Waals surface area contributed by atoms with Crippen LogP contribution in [0.15, 0.2) is 24.3 Å². The number of nitrogen functional groups attached to an aromatic ring is 1. The summed E-state index contributed by atoms with van der Waals surface area (Å²) in [4.78, 5) is 15.7. The van der Waals surface area contributed by atoms with Gasteiger partial charge in [0.15, 0.2) is 0 Å². The molecule has 6 heteroatoms. The van der Waals surface area contributed by atoms with Crippen molar-refractivity contribution >= 4 is 11.6 Å². The molecule has 1 fully saturated rings. The lowest BCUT2D eigenvalue weighted by molar-refractivity contribution is -0.119. The molecule has 0 radical (unpaired) electrons. The Balaban J connectivity index is 1.87. The smallest absolute Gasteiger partial charge is 0.231 e. The molecule has 1 saturated heterocycles. The Hall–Kier alpha value is -1.63. The van der Waals surface area contributed by atoms with Gasteiger partial charge in [-0.1, -0.05) is 12.1 Å². The zero-order valence-electron chi connectivity index (χ0n) is 12.3. The van der Waals surface area contributed by atoms with Gasteiger partial charge in [-0.05, 0) is 17.7 Å². The molecule has 21 heavy (non-hydrogen) atoms. The Bertz CT molecular complexity index is 443. The molecule has 116 valence electrons. The highest BCUT2D eigenvalue weighted by Gasteiger charge is 2.14. The van der Waals surface area contributed by atoms with Crippen molar-refractivity contribution in [2.75, 3.05) is 51.7 Å². The average Bonchev–Trinajstić information content (AvgIpc) is 2.48. The van der Waals surface area contributed by atoms with E-state index in [-0.39, 0.29) is 12.5 Å². The zero-order valence-corrected chi connectivity index (χ0v) is 12.3. The van der Waals surface area contributed by atoms with Crippen LogP contribution >= 0.6 is 0 Å². The lowest BCUT2D eigenvalue weighted by Crippen LogP contribution is -2.43. The summed E-state index contributed by atoms with van der Waals surface area (Å²) < 4.78 is 5.34. The maximum Gasteiger partial charge on any atom is 0.231 e. The molecule has 1 amide bonds. The van der Waals surface area contributed by atoms with Crippen molar-refractivity contribution in [2.45, 2.75) is 6.54 Å². The van der Waals surface area contributed by atoms with Crippen molar-refractivity contribution in [1.82, 2.24) is 9.80 Å². The fourth-order valence-electron chi connectivity index (χ4n) is 2.42. The Labute approximate surface area is 125 Å². The number of rotatable bonds is 7. The van der Waals surface area contributed by atoms with Crippen LogP contribution in [0.5, 0.6) is 0 Å². The predicted octanol–water partition coefficient (Wildman–Crippen LogP) is -0.112. The van der Waals surface area contributed by atoms with Crippen LogP contribution in [0, 0.1) is 0 Å². The first-order chi connectivity index (χ1) is 10.1. The fraction of sp³-hybridized carbons (Fsp3) is 0.533. The van der Waals surface area contributed by atoms with Gasteiger partial charge in [0.1, 0.15) is 0 Å². The Kier molecular flexibility index (Phi) is 5.98. The highest BCUT2D eigenvalue weighted by molar-refractivity contribution is 5.75. The van der Waals surface area contributed by atoms with Crippen LogP contribution < -0.4 is 11.5 Å². The van der Waals surface area contributed by atoms with Gasteiger partial charge in [0.05, 0.1) is 19.8 Å². The van der Waals surface area contributed by atoms with Crippen LogP contribution in [-0.4, -0.2) is 61.6 Å². The third-order valence-corrected chi connectivity index (χ3v) is 3.60. The number of carbonyl (C=O) groups is 1. The van der Waals surface area contributed by atoms with Crippen LogP contribution in [-0.2, 0) is 16.1 Å². The van der Waals surface area contributed by atoms with Crippen molar-refractivity contribution < 1.29 is 9.53 Å². The number of hydrogen-bond donors (Lipinski definition) is 2. The van der Waals surface area contributed by atoms with E-state index < -0.39 is 0 Å². The van der Waals surface area contributed by atoms with Crippen LogP contribution in [0.2, 0.25) is 0 Å². The number of nitrogens with two attached hydrogens (primary N) is 2. The van der Waals surface area contributed by atoms with Gasteiger partial charge >= 0.3 is 0 Å². The Morgan fingerprint density at radius 3 is 2.52 bits per heavy atom. The molecule has 1 heterocycles. The van der Waals surface area contributed by atoms with E-state index in [1.54, 1.807) is 0 Å². The number of morpholine rings is 1. The lowest BCUT2D eigenvalue weighted by atomic mass is 10.2. The number of carbonyl (C=O) groups excluding carboxylic acids is 1. The number of anilines is 1. The standard InChI is InChI=1S/C15H24N4O2/c16-14-3-1-13(2-4-14)11-19(12-15(17)20)6-5-18-7-9-21-10-8-18/h1-4H,5-12,16H2,(H2,17,20). The molecule has 0 saturated carbocycles. The van der Waals surface area contributed by atoms with Crippen molar-refractivity contribution in [2.24, 2.45) is 5.73 Å². The molecular weight excluding hydrogens is 268 g/mol. The maximum absolute atomic E-state index is 11.2. The second-order valence-corrected chi connectivity index (χ2v) is 5.37. The Morgan fingerprint density at radius 1 is 1.24 bits per heavy atom. The summed E-state index contributed by atoms with van der Waals surface area (Å²) in [5.41, 5.74) is 12.9. The number of hydrogen-bond acceptors (Lipinski definition) is 5. The molecule has 0 aliphatic carbocycles. The third-order valence-electron chi connectivity index (χ3n) is 3.60. The van der Waals surface area contributed by atoms with E-state index in [1.165, 1.54) is 0 Å². The summed E-state index contributed by atoms with van der Waals surface area (Å²) in [6.07, 6.45) is 0. The number of ether oxygens (including phenoxy) is 1. The van der Waals surface area contributed by atoms with Crippen LogP contribution in [0.25, 0.3) is 0 Å². The van der Waals surface area contributed by atoms with Crippen molar-refractivity contribution in [1.29, 1.82) is 0 Å². The molecule has 1 aromatic carbocycles. The second-order valence-electron chi connectivity index (χ2n) is 5.37. The highest BCUT2D eigenvalue weighted by Crippen LogP contribution is 2.09. The minimum atomic E-state index is -0.299. The molecule has 0 aromatic heterocycles. The van der Waals surface area contributed by atoms with Gasteiger partial charge in [-0.15, -0.1) is 0 Å². The van der Waals surface area contributed by atoms with E-state index in [2.05, 4.69) is 9.80 Å². The quantitative estimate of drug-likeness (QED) is 0.685. The molecule has 2 rings (SSSR count). The van der Waals surface area contributed by atoms with Crippen molar-refractivity contribution in [3.63, 3.8) is 0 Å². The first kappa shape index (κ1) is 15.8. The maximum atomic E-state index is 11.2.